The van der Waals surface area contributed by atoms with E-state index < -0.39 is 28.5 Å². The number of amides is 2. The minimum absolute atomic E-state index is 0.0132. The predicted octanol–water partition coefficient (Wildman–Crippen LogP) is 7.16. The van der Waals surface area contributed by atoms with E-state index in [0.29, 0.717) is 20.6 Å². The molecule has 1 saturated carbocycles. The molecule has 3 aromatic rings. The van der Waals surface area contributed by atoms with Gasteiger partial charge in [-0.3, -0.25) is 13.9 Å². The summed E-state index contributed by atoms with van der Waals surface area (Å²) >= 11 is 25.5. The summed E-state index contributed by atoms with van der Waals surface area (Å²) in [5.41, 5.74) is 1.36. The molecule has 3 aromatic carbocycles. The third-order valence-electron chi connectivity index (χ3n) is 7.47. The van der Waals surface area contributed by atoms with Crippen molar-refractivity contribution in [2.45, 2.75) is 57.2 Å². The Kier molecular flexibility index (Phi) is 11.6. The first-order valence-corrected chi connectivity index (χ1v) is 17.3. The van der Waals surface area contributed by atoms with Crippen LogP contribution >= 0.6 is 46.4 Å². The Balaban J connectivity index is 1.77. The lowest BCUT2D eigenvalue weighted by atomic mass is 9.94. The molecule has 0 aliphatic heterocycles. The van der Waals surface area contributed by atoms with Crippen LogP contribution in [0, 0.1) is 0 Å². The van der Waals surface area contributed by atoms with E-state index in [-0.39, 0.29) is 35.6 Å². The minimum atomic E-state index is -3.99. The number of nitrogens with one attached hydrogen (secondary N) is 1. The van der Waals surface area contributed by atoms with E-state index in [9.17, 15) is 18.0 Å². The molecule has 1 aliphatic carbocycles. The average molecular weight is 686 g/mol. The standard InChI is InChI=1S/C31H33Cl4N3O4S/c1-43(41,42)38(28-16-15-22(32)18-27(28)35)20-30(39)37(19-24-25(33)13-8-14-26(24)34)29(17-21-9-4-2-5-10-21)31(40)36-23-11-6-3-7-12-23/h2,4-5,8-10,13-16,18,23,29H,3,6-7,11-12,17,19-20H2,1H3,(H,36,40)/t29-/m1/s1. The fourth-order valence-electron chi connectivity index (χ4n) is 5.23. The molecule has 7 nitrogen and oxygen atoms in total. The van der Waals surface area contributed by atoms with Gasteiger partial charge >= 0.3 is 0 Å². The van der Waals surface area contributed by atoms with Crippen LogP contribution < -0.4 is 9.62 Å². The number of hydrogen-bond acceptors (Lipinski definition) is 4. The summed E-state index contributed by atoms with van der Waals surface area (Å²) in [5, 5.41) is 4.16. The zero-order valence-electron chi connectivity index (χ0n) is 23.6. The SMILES string of the molecule is CS(=O)(=O)N(CC(=O)N(Cc1c(Cl)cccc1Cl)[C@H](Cc1ccccc1)C(=O)NC1CCCCC1)c1ccc(Cl)cc1Cl. The highest BCUT2D eigenvalue weighted by molar-refractivity contribution is 7.92. The van der Waals surface area contributed by atoms with Gasteiger partial charge in [0.1, 0.15) is 12.6 Å². The van der Waals surface area contributed by atoms with Crippen molar-refractivity contribution in [1.82, 2.24) is 10.2 Å². The van der Waals surface area contributed by atoms with E-state index in [1.807, 2.05) is 30.3 Å². The average Bonchev–Trinajstić information content (AvgIpc) is 2.95. The largest absolute Gasteiger partial charge is 0.352 e. The highest BCUT2D eigenvalue weighted by Gasteiger charge is 2.35. The second-order valence-electron chi connectivity index (χ2n) is 10.6. The molecule has 1 aliphatic rings. The Morgan fingerprint density at radius 2 is 1.53 bits per heavy atom. The molecular formula is C31H33Cl4N3O4S. The number of anilines is 1. The van der Waals surface area contributed by atoms with Gasteiger partial charge in [0.2, 0.25) is 21.8 Å². The number of carbonyl (C=O) groups is 2. The Morgan fingerprint density at radius 3 is 2.14 bits per heavy atom. The van der Waals surface area contributed by atoms with Crippen LogP contribution in [0.4, 0.5) is 5.69 Å². The third kappa shape index (κ3) is 9.02. The molecule has 1 atom stereocenters. The molecule has 0 unspecified atom stereocenters. The lowest BCUT2D eigenvalue weighted by Crippen LogP contribution is -2.55. The second kappa shape index (κ2) is 15.0. The van der Waals surface area contributed by atoms with Crippen molar-refractivity contribution in [1.29, 1.82) is 0 Å². The van der Waals surface area contributed by atoms with Gasteiger partial charge in [0.05, 0.1) is 17.0 Å². The number of carbonyl (C=O) groups excluding carboxylic acids is 2. The lowest BCUT2D eigenvalue weighted by Gasteiger charge is -2.35. The van der Waals surface area contributed by atoms with Crippen molar-refractivity contribution in [3.05, 3.63) is 97.9 Å². The maximum atomic E-state index is 14.3. The van der Waals surface area contributed by atoms with Gasteiger partial charge in [-0.25, -0.2) is 8.42 Å². The van der Waals surface area contributed by atoms with Crippen LogP contribution in [0.5, 0.6) is 0 Å². The van der Waals surface area contributed by atoms with Crippen LogP contribution in [0.3, 0.4) is 0 Å². The topological polar surface area (TPSA) is 86.8 Å². The van der Waals surface area contributed by atoms with E-state index >= 15 is 0 Å². The summed E-state index contributed by atoms with van der Waals surface area (Å²) in [5.74, 6) is -0.963. The van der Waals surface area contributed by atoms with Crippen molar-refractivity contribution >= 4 is 73.9 Å². The summed E-state index contributed by atoms with van der Waals surface area (Å²) in [6, 6.07) is 17.6. The second-order valence-corrected chi connectivity index (χ2v) is 14.2. The first kappa shape index (κ1) is 33.4. The van der Waals surface area contributed by atoms with Crippen molar-refractivity contribution in [3.8, 4) is 0 Å². The van der Waals surface area contributed by atoms with Gasteiger partial charge in [0.15, 0.2) is 0 Å². The van der Waals surface area contributed by atoms with Crippen LogP contribution in [-0.2, 0) is 32.6 Å². The number of halogens is 4. The van der Waals surface area contributed by atoms with Gasteiger partial charge in [0.25, 0.3) is 0 Å². The number of hydrogen-bond donors (Lipinski definition) is 1. The molecule has 2 amide bonds. The van der Waals surface area contributed by atoms with E-state index in [0.717, 1.165) is 48.2 Å². The van der Waals surface area contributed by atoms with Gasteiger partial charge < -0.3 is 10.2 Å². The fraction of sp³-hybridized carbons (Fsp3) is 0.355. The maximum absolute atomic E-state index is 14.3. The first-order chi connectivity index (χ1) is 20.4. The molecule has 0 aromatic heterocycles. The van der Waals surface area contributed by atoms with E-state index in [2.05, 4.69) is 5.32 Å². The van der Waals surface area contributed by atoms with Crippen LogP contribution in [-0.4, -0.2) is 50.0 Å². The zero-order valence-corrected chi connectivity index (χ0v) is 27.5. The van der Waals surface area contributed by atoms with Crippen LogP contribution in [0.15, 0.2) is 66.7 Å². The highest BCUT2D eigenvalue weighted by Crippen LogP contribution is 2.32. The molecule has 0 saturated heterocycles. The summed E-state index contributed by atoms with van der Waals surface area (Å²) in [7, 11) is -3.99. The minimum Gasteiger partial charge on any atom is -0.352 e. The van der Waals surface area contributed by atoms with Crippen LogP contribution in [0.1, 0.15) is 43.2 Å². The zero-order chi connectivity index (χ0) is 31.1. The molecule has 0 bridgehead atoms. The van der Waals surface area contributed by atoms with Gasteiger partial charge in [-0.1, -0.05) is 102 Å². The number of sulfonamides is 1. The Morgan fingerprint density at radius 1 is 0.884 bits per heavy atom. The van der Waals surface area contributed by atoms with Crippen molar-refractivity contribution < 1.29 is 18.0 Å². The number of benzene rings is 3. The fourth-order valence-corrected chi connectivity index (χ4v) is 7.17. The molecule has 12 heteroatoms. The predicted molar refractivity (Wildman–Crippen MR) is 175 cm³/mol. The molecule has 1 N–H and O–H groups in total. The van der Waals surface area contributed by atoms with E-state index in [1.165, 1.54) is 23.1 Å². The third-order valence-corrected chi connectivity index (χ3v) is 9.84. The number of nitrogens with zero attached hydrogens (tertiary/aromatic N) is 2. The van der Waals surface area contributed by atoms with Crippen LogP contribution in [0.2, 0.25) is 20.1 Å². The summed E-state index contributed by atoms with van der Waals surface area (Å²) in [4.78, 5) is 29.7. The maximum Gasteiger partial charge on any atom is 0.244 e. The Bertz CT molecular complexity index is 1530. The normalized spacial score (nSPS) is 14.6. The monoisotopic (exact) mass is 683 g/mol. The molecule has 0 radical (unpaired) electrons. The Hall–Kier alpha value is -2.49. The van der Waals surface area contributed by atoms with Gasteiger partial charge in [-0.15, -0.1) is 0 Å². The summed E-state index contributed by atoms with van der Waals surface area (Å²) in [6.45, 7) is -0.747. The van der Waals surface area contributed by atoms with Gasteiger partial charge in [0, 0.05) is 39.6 Å². The first-order valence-electron chi connectivity index (χ1n) is 13.9. The van der Waals surface area contributed by atoms with Crippen molar-refractivity contribution in [2.75, 3.05) is 17.1 Å². The molecule has 4 rings (SSSR count). The molecule has 230 valence electrons. The van der Waals surface area contributed by atoms with Gasteiger partial charge in [-0.2, -0.15) is 0 Å². The van der Waals surface area contributed by atoms with Crippen molar-refractivity contribution in [3.63, 3.8) is 0 Å². The summed E-state index contributed by atoms with van der Waals surface area (Å²) in [6.07, 6.45) is 6.01. The molecule has 0 spiro atoms. The van der Waals surface area contributed by atoms with E-state index in [4.69, 9.17) is 46.4 Å². The van der Waals surface area contributed by atoms with E-state index in [1.54, 1.807) is 18.2 Å². The smallest absolute Gasteiger partial charge is 0.244 e. The van der Waals surface area contributed by atoms with Gasteiger partial charge in [-0.05, 0) is 48.7 Å². The Labute approximate surface area is 273 Å². The molecular weight excluding hydrogens is 652 g/mol. The molecule has 1 fully saturated rings. The number of rotatable bonds is 11. The highest BCUT2D eigenvalue weighted by atomic mass is 35.5. The lowest BCUT2D eigenvalue weighted by molar-refractivity contribution is -0.140. The van der Waals surface area contributed by atoms with Crippen molar-refractivity contribution in [2.24, 2.45) is 0 Å². The quantitative estimate of drug-likeness (QED) is 0.232. The van der Waals surface area contributed by atoms with Crippen LogP contribution in [0.25, 0.3) is 0 Å². The molecule has 0 heterocycles. The summed E-state index contributed by atoms with van der Waals surface area (Å²) < 4.78 is 26.9. The molecule has 43 heavy (non-hydrogen) atoms.